The smallest absolute Gasteiger partial charge is 0.313 e. The van der Waals surface area contributed by atoms with Crippen LogP contribution in [-0.2, 0) is 4.79 Å². The first-order valence-corrected chi connectivity index (χ1v) is 3.50. The SMILES string of the molecule is Cc1cccc(NC(=O)C#N)c1. The third-order valence-electron chi connectivity index (χ3n) is 1.38. The van der Waals surface area contributed by atoms with Crippen LogP contribution in [0.5, 0.6) is 0 Å². The van der Waals surface area contributed by atoms with Crippen molar-refractivity contribution >= 4 is 11.6 Å². The Morgan fingerprint density at radius 1 is 1.58 bits per heavy atom. The van der Waals surface area contributed by atoms with Crippen LogP contribution in [0.25, 0.3) is 0 Å². The molecule has 0 radical (unpaired) electrons. The van der Waals surface area contributed by atoms with E-state index in [1.165, 1.54) is 6.07 Å². The Kier molecular flexibility index (Phi) is 2.44. The van der Waals surface area contributed by atoms with E-state index in [2.05, 4.69) is 5.32 Å². The number of carbonyl (C=O) groups is 1. The second-order valence-corrected chi connectivity index (χ2v) is 2.44. The average Bonchev–Trinajstić information content (AvgIpc) is 2.04. The van der Waals surface area contributed by atoms with Gasteiger partial charge in [0.1, 0.15) is 0 Å². The van der Waals surface area contributed by atoms with Gasteiger partial charge in [0.15, 0.2) is 6.07 Å². The minimum absolute atomic E-state index is 0.638. The normalized spacial score (nSPS) is 8.67. The molecule has 0 saturated carbocycles. The molecular weight excluding hydrogens is 152 g/mol. The van der Waals surface area contributed by atoms with Gasteiger partial charge in [-0.05, 0) is 24.6 Å². The van der Waals surface area contributed by atoms with Gasteiger partial charge in [0.05, 0.1) is 0 Å². The van der Waals surface area contributed by atoms with Crippen molar-refractivity contribution in [2.24, 2.45) is 0 Å². The van der Waals surface area contributed by atoms with Crippen LogP contribution in [0, 0.1) is 18.3 Å². The number of nitrogens with zero attached hydrogens (tertiary/aromatic N) is 1. The van der Waals surface area contributed by atoms with Gasteiger partial charge in [0.25, 0.3) is 0 Å². The van der Waals surface area contributed by atoms with Gasteiger partial charge in [0, 0.05) is 5.69 Å². The van der Waals surface area contributed by atoms with Gasteiger partial charge in [-0.3, -0.25) is 4.79 Å². The largest absolute Gasteiger partial charge is 0.326 e. The number of carbonyl (C=O) groups excluding carboxylic acids is 1. The molecule has 0 aromatic heterocycles. The standard InChI is InChI=1S/C9H8N2O/c1-7-3-2-4-8(5-7)11-9(12)6-10/h2-5H,1H3,(H,11,12). The zero-order chi connectivity index (χ0) is 8.97. The fourth-order valence-corrected chi connectivity index (χ4v) is 0.882. The summed E-state index contributed by atoms with van der Waals surface area (Å²) in [5.41, 5.74) is 1.70. The molecule has 0 spiro atoms. The monoisotopic (exact) mass is 160 g/mol. The van der Waals surface area contributed by atoms with Gasteiger partial charge >= 0.3 is 5.91 Å². The number of amides is 1. The van der Waals surface area contributed by atoms with Crippen molar-refractivity contribution in [3.63, 3.8) is 0 Å². The molecule has 0 heterocycles. The van der Waals surface area contributed by atoms with Crippen LogP contribution < -0.4 is 5.32 Å². The van der Waals surface area contributed by atoms with Crippen LogP contribution in [0.2, 0.25) is 0 Å². The van der Waals surface area contributed by atoms with Crippen LogP contribution in [0.15, 0.2) is 24.3 Å². The molecule has 0 bridgehead atoms. The number of benzene rings is 1. The molecule has 0 aliphatic carbocycles. The van der Waals surface area contributed by atoms with E-state index < -0.39 is 5.91 Å². The molecule has 3 heteroatoms. The maximum absolute atomic E-state index is 10.6. The molecule has 0 aliphatic rings. The second kappa shape index (κ2) is 3.54. The van der Waals surface area contributed by atoms with Crippen LogP contribution in [0.3, 0.4) is 0 Å². The lowest BCUT2D eigenvalue weighted by Crippen LogP contribution is -2.07. The van der Waals surface area contributed by atoms with Crippen molar-refractivity contribution in [1.82, 2.24) is 0 Å². The quantitative estimate of drug-likeness (QED) is 0.632. The fraction of sp³-hybridized carbons (Fsp3) is 0.111. The van der Waals surface area contributed by atoms with Gasteiger partial charge < -0.3 is 5.32 Å². The number of aryl methyl sites for hydroxylation is 1. The lowest BCUT2D eigenvalue weighted by atomic mass is 10.2. The molecule has 12 heavy (non-hydrogen) atoms. The topological polar surface area (TPSA) is 52.9 Å². The Balaban J connectivity index is 2.78. The molecule has 1 amide bonds. The maximum atomic E-state index is 10.6. The molecule has 3 nitrogen and oxygen atoms in total. The first kappa shape index (κ1) is 8.28. The molecule has 60 valence electrons. The Morgan fingerprint density at radius 3 is 2.92 bits per heavy atom. The van der Waals surface area contributed by atoms with Crippen molar-refractivity contribution in [2.75, 3.05) is 5.32 Å². The first-order valence-electron chi connectivity index (χ1n) is 3.50. The average molecular weight is 160 g/mol. The van der Waals surface area contributed by atoms with Crippen LogP contribution in [-0.4, -0.2) is 5.91 Å². The van der Waals surface area contributed by atoms with E-state index in [4.69, 9.17) is 5.26 Å². The highest BCUT2D eigenvalue weighted by molar-refractivity contribution is 6.02. The van der Waals surface area contributed by atoms with E-state index in [-0.39, 0.29) is 0 Å². The van der Waals surface area contributed by atoms with Gasteiger partial charge in [-0.25, -0.2) is 0 Å². The molecule has 1 aromatic rings. The van der Waals surface area contributed by atoms with E-state index in [0.29, 0.717) is 5.69 Å². The van der Waals surface area contributed by atoms with E-state index in [0.717, 1.165) is 5.56 Å². The van der Waals surface area contributed by atoms with E-state index >= 15 is 0 Å². The summed E-state index contributed by atoms with van der Waals surface area (Å²) in [5.74, 6) is -0.638. The molecule has 0 saturated heterocycles. The third-order valence-corrected chi connectivity index (χ3v) is 1.38. The highest BCUT2D eigenvalue weighted by Crippen LogP contribution is 2.08. The summed E-state index contributed by atoms with van der Waals surface area (Å²) in [5, 5.41) is 10.6. The summed E-state index contributed by atoms with van der Waals surface area (Å²) in [6.07, 6.45) is 0. The summed E-state index contributed by atoms with van der Waals surface area (Å²) in [6, 6.07) is 8.76. The predicted molar refractivity (Wildman–Crippen MR) is 45.4 cm³/mol. The van der Waals surface area contributed by atoms with Gasteiger partial charge in [0.2, 0.25) is 0 Å². The molecule has 1 N–H and O–H groups in total. The Bertz CT molecular complexity index is 339. The number of nitrogens with one attached hydrogen (secondary N) is 1. The van der Waals surface area contributed by atoms with Crippen LogP contribution in [0.1, 0.15) is 5.56 Å². The van der Waals surface area contributed by atoms with Crippen molar-refractivity contribution < 1.29 is 4.79 Å². The first-order chi connectivity index (χ1) is 5.72. The second-order valence-electron chi connectivity index (χ2n) is 2.44. The summed E-state index contributed by atoms with van der Waals surface area (Å²) >= 11 is 0. The Labute approximate surface area is 70.6 Å². The highest BCUT2D eigenvalue weighted by Gasteiger charge is 1.97. The molecule has 1 aromatic carbocycles. The molecule has 0 unspecified atom stereocenters. The zero-order valence-electron chi connectivity index (χ0n) is 6.66. The van der Waals surface area contributed by atoms with E-state index in [9.17, 15) is 4.79 Å². The minimum atomic E-state index is -0.638. The van der Waals surface area contributed by atoms with Crippen LogP contribution >= 0.6 is 0 Å². The van der Waals surface area contributed by atoms with E-state index in [1.807, 2.05) is 19.1 Å². The lowest BCUT2D eigenvalue weighted by molar-refractivity contribution is -0.111. The van der Waals surface area contributed by atoms with Crippen molar-refractivity contribution in [2.45, 2.75) is 6.92 Å². The summed E-state index contributed by atoms with van der Waals surface area (Å²) < 4.78 is 0. The van der Waals surface area contributed by atoms with Crippen molar-refractivity contribution in [3.05, 3.63) is 29.8 Å². The number of anilines is 1. The summed E-state index contributed by atoms with van der Waals surface area (Å²) in [6.45, 7) is 1.92. The maximum Gasteiger partial charge on any atom is 0.326 e. The molecule has 0 aliphatic heterocycles. The highest BCUT2D eigenvalue weighted by atomic mass is 16.1. The number of nitriles is 1. The van der Waals surface area contributed by atoms with Gasteiger partial charge in [-0.1, -0.05) is 12.1 Å². The lowest BCUT2D eigenvalue weighted by Gasteiger charge is -1.99. The predicted octanol–water partition coefficient (Wildman–Crippen LogP) is 1.46. The number of hydrogen-bond donors (Lipinski definition) is 1. The fourth-order valence-electron chi connectivity index (χ4n) is 0.882. The Morgan fingerprint density at radius 2 is 2.33 bits per heavy atom. The van der Waals surface area contributed by atoms with Crippen molar-refractivity contribution in [3.8, 4) is 6.07 Å². The molecule has 1 rings (SSSR count). The molecular formula is C9H8N2O. The minimum Gasteiger partial charge on any atom is -0.313 e. The molecule has 0 fully saturated rings. The summed E-state index contributed by atoms with van der Waals surface area (Å²) in [4.78, 5) is 10.6. The van der Waals surface area contributed by atoms with Crippen molar-refractivity contribution in [1.29, 1.82) is 5.26 Å². The van der Waals surface area contributed by atoms with Gasteiger partial charge in [-0.15, -0.1) is 0 Å². The van der Waals surface area contributed by atoms with Gasteiger partial charge in [-0.2, -0.15) is 5.26 Å². The van der Waals surface area contributed by atoms with E-state index in [1.54, 1.807) is 12.1 Å². The summed E-state index contributed by atoms with van der Waals surface area (Å²) in [7, 11) is 0. The molecule has 0 atom stereocenters. The Hall–Kier alpha value is -1.82. The zero-order valence-corrected chi connectivity index (χ0v) is 6.66. The van der Waals surface area contributed by atoms with Crippen LogP contribution in [0.4, 0.5) is 5.69 Å². The number of rotatable bonds is 1. The number of hydrogen-bond acceptors (Lipinski definition) is 2. The third kappa shape index (κ3) is 2.10.